The smallest absolute Gasteiger partial charge is 0.258 e. The maximum atomic E-state index is 14.4. The number of imidazole rings is 1. The van der Waals surface area contributed by atoms with Gasteiger partial charge in [0.25, 0.3) is 16.7 Å². The van der Waals surface area contributed by atoms with Gasteiger partial charge in [-0.2, -0.15) is 0 Å². The van der Waals surface area contributed by atoms with Gasteiger partial charge in [-0.05, 0) is 127 Å². The highest BCUT2D eigenvalue weighted by molar-refractivity contribution is 5.52. The van der Waals surface area contributed by atoms with E-state index in [1.165, 1.54) is 75.7 Å². The maximum absolute atomic E-state index is 14.4. The van der Waals surface area contributed by atoms with Gasteiger partial charge < -0.3 is 25.4 Å². The van der Waals surface area contributed by atoms with E-state index in [0.717, 1.165) is 39.0 Å². The Hall–Kier alpha value is -8.27. The number of aryl methyl sites for hydroxylation is 8. The third kappa shape index (κ3) is 15.2. The molecule has 1 saturated heterocycles. The number of nitrogens with one attached hydrogen (secondary N) is 3. The molecular formula is C53H63F3N16O3. The number of anilines is 3. The second-order valence-corrected chi connectivity index (χ2v) is 18.1. The number of tetrazole rings is 1. The number of aromatic nitrogens is 12. The fraction of sp³-hybridized carbons (Fsp3) is 0.358. The minimum absolute atomic E-state index is 0.199. The normalized spacial score (nSPS) is 12.3. The number of likely N-dealkylation sites (tertiary alicyclic amines) is 1. The van der Waals surface area contributed by atoms with Crippen molar-refractivity contribution in [2.75, 3.05) is 55.2 Å². The first-order valence-corrected chi connectivity index (χ1v) is 24.9. The Balaban J connectivity index is 0.000000164. The van der Waals surface area contributed by atoms with Gasteiger partial charge in [0, 0.05) is 105 Å². The Kier molecular flexibility index (Phi) is 19.0. The van der Waals surface area contributed by atoms with E-state index in [2.05, 4.69) is 56.3 Å². The summed E-state index contributed by atoms with van der Waals surface area (Å²) in [6.45, 7) is 17.0. The van der Waals surface area contributed by atoms with Gasteiger partial charge in [-0.15, -0.1) is 5.10 Å². The average molecular weight is 1030 g/mol. The van der Waals surface area contributed by atoms with Crippen molar-refractivity contribution in [2.24, 2.45) is 0 Å². The van der Waals surface area contributed by atoms with Crippen LogP contribution in [-0.4, -0.2) is 103 Å². The lowest BCUT2D eigenvalue weighted by molar-refractivity contribution is 0.237. The molecule has 3 N–H and O–H groups in total. The summed E-state index contributed by atoms with van der Waals surface area (Å²) in [7, 11) is 0. The summed E-state index contributed by atoms with van der Waals surface area (Å²) < 4.78 is 50.9. The first-order chi connectivity index (χ1) is 36.1. The number of hydrogen-bond donors (Lipinski definition) is 3. The summed E-state index contributed by atoms with van der Waals surface area (Å²) in [6.07, 6.45) is 12.3. The van der Waals surface area contributed by atoms with Gasteiger partial charge >= 0.3 is 0 Å². The first-order valence-electron chi connectivity index (χ1n) is 24.9. The van der Waals surface area contributed by atoms with Crippen LogP contribution < -0.4 is 32.6 Å². The van der Waals surface area contributed by atoms with Crippen LogP contribution in [0.5, 0.6) is 0 Å². The van der Waals surface area contributed by atoms with E-state index in [1.807, 2.05) is 10.8 Å². The number of halogens is 3. The number of benzene rings is 3. The highest BCUT2D eigenvalue weighted by atomic mass is 19.1. The predicted octanol–water partition coefficient (Wildman–Crippen LogP) is 7.05. The third-order valence-corrected chi connectivity index (χ3v) is 12.2. The van der Waals surface area contributed by atoms with Crippen LogP contribution in [0.15, 0.2) is 112 Å². The molecule has 0 radical (unpaired) electrons. The molecule has 1 fully saturated rings. The minimum atomic E-state index is -0.424. The predicted molar refractivity (Wildman–Crippen MR) is 283 cm³/mol. The average Bonchev–Trinajstić information content (AvgIpc) is 4.09. The molecule has 22 heteroatoms. The van der Waals surface area contributed by atoms with E-state index in [1.54, 1.807) is 95.1 Å². The second kappa shape index (κ2) is 26.1. The molecule has 1 aliphatic rings. The molecule has 9 rings (SSSR count). The largest absolute Gasteiger partial charge is 0.383 e. The number of rotatable bonds is 17. The number of nitrogens with zero attached hydrogens (tertiary/aromatic N) is 13. The monoisotopic (exact) mass is 1030 g/mol. The van der Waals surface area contributed by atoms with E-state index in [-0.39, 0.29) is 22.5 Å². The molecule has 0 saturated carbocycles. The Morgan fingerprint density at radius 1 is 0.520 bits per heavy atom. The van der Waals surface area contributed by atoms with Crippen molar-refractivity contribution >= 4 is 17.1 Å². The number of piperidine rings is 1. The summed E-state index contributed by atoms with van der Waals surface area (Å²) in [5.41, 5.74) is 3.98. The van der Waals surface area contributed by atoms with E-state index in [0.29, 0.717) is 94.9 Å². The molecule has 394 valence electrons. The van der Waals surface area contributed by atoms with Crippen LogP contribution in [-0.2, 0) is 13.1 Å². The molecule has 0 unspecified atom stereocenters. The number of hydrogen-bond acceptors (Lipinski definition) is 14. The molecule has 1 aliphatic heterocycles. The zero-order chi connectivity index (χ0) is 53.4. The lowest BCUT2D eigenvalue weighted by Gasteiger charge is -2.26. The van der Waals surface area contributed by atoms with Gasteiger partial charge in [-0.1, -0.05) is 6.42 Å². The Morgan fingerprint density at radius 2 is 0.960 bits per heavy atom. The lowest BCUT2D eigenvalue weighted by atomic mass is 10.1. The van der Waals surface area contributed by atoms with Crippen LogP contribution in [0.4, 0.5) is 30.2 Å². The fourth-order valence-corrected chi connectivity index (χ4v) is 8.70. The molecular weight excluding hydrogens is 966 g/mol. The molecule has 3 aromatic carbocycles. The summed E-state index contributed by atoms with van der Waals surface area (Å²) in [4.78, 5) is 55.7. The minimum Gasteiger partial charge on any atom is -0.383 e. The Bertz CT molecular complexity index is 3180. The van der Waals surface area contributed by atoms with E-state index in [4.69, 9.17) is 0 Å². The van der Waals surface area contributed by atoms with E-state index in [9.17, 15) is 27.6 Å². The van der Waals surface area contributed by atoms with Crippen LogP contribution in [0.1, 0.15) is 66.7 Å². The van der Waals surface area contributed by atoms with Gasteiger partial charge in [0.15, 0.2) is 0 Å². The standard InChI is InChI=1S/C19H25FN4O.C18H20FN5O.C16H18FN7O/c1-14-12-19(25)24(15(2)22-14)16-6-7-18(17(20)13-16)21-8-11-23-9-4-3-5-10-23;1-13-10-18(25)24(14(2)22-13)15-4-5-17(16(19)11-15)21-6-3-8-23-9-7-20-12-23;1-11-8-16(25)24(12(2)20-11)13-4-5-15(14(17)9-13)18-6-3-7-23-10-19-21-22-23/h6-7,12-13,21H,3-5,8-11H2,1-2H3;4-5,7,9-12,21H,3,6,8H2,1-2H3;4-5,8-10,18H,3,6-7H2,1-2H3. The van der Waals surface area contributed by atoms with Gasteiger partial charge in [0.05, 0.1) is 40.5 Å². The van der Waals surface area contributed by atoms with Crippen LogP contribution in [0.3, 0.4) is 0 Å². The molecule has 75 heavy (non-hydrogen) atoms. The van der Waals surface area contributed by atoms with Crippen LogP contribution >= 0.6 is 0 Å². The van der Waals surface area contributed by atoms with Gasteiger partial charge in [0.2, 0.25) is 0 Å². The van der Waals surface area contributed by atoms with Gasteiger partial charge in [-0.25, -0.2) is 37.8 Å². The van der Waals surface area contributed by atoms with Crippen molar-refractivity contribution < 1.29 is 13.2 Å². The molecule has 6 heterocycles. The zero-order valence-electron chi connectivity index (χ0n) is 43.1. The van der Waals surface area contributed by atoms with Crippen LogP contribution in [0.25, 0.3) is 17.1 Å². The van der Waals surface area contributed by atoms with Crippen molar-refractivity contribution in [2.45, 2.75) is 86.7 Å². The van der Waals surface area contributed by atoms with Crippen molar-refractivity contribution in [3.05, 3.63) is 181 Å². The van der Waals surface area contributed by atoms with Gasteiger partial charge in [0.1, 0.15) is 41.3 Å². The summed E-state index contributed by atoms with van der Waals surface area (Å²) in [5.74, 6) is 0.425. The molecule has 0 spiro atoms. The lowest BCUT2D eigenvalue weighted by Crippen LogP contribution is -2.33. The molecule has 0 amide bonds. The fourth-order valence-electron chi connectivity index (χ4n) is 8.70. The third-order valence-electron chi connectivity index (χ3n) is 12.2. The molecule has 0 bridgehead atoms. The SMILES string of the molecule is Cc1cc(=O)n(-c2ccc(NCCCn3ccnc3)c(F)c2)c(C)n1.Cc1cc(=O)n(-c2ccc(NCCCn3cnnn3)c(F)c2)c(C)n1.Cc1cc(=O)n(-c2ccc(NCCN3CCCCC3)c(F)c2)c(C)n1. The summed E-state index contributed by atoms with van der Waals surface area (Å²) in [6, 6.07) is 18.5. The Morgan fingerprint density at radius 3 is 1.35 bits per heavy atom. The van der Waals surface area contributed by atoms with Crippen molar-refractivity contribution in [3.63, 3.8) is 0 Å². The second-order valence-electron chi connectivity index (χ2n) is 18.1. The van der Waals surface area contributed by atoms with Gasteiger partial charge in [-0.3, -0.25) is 28.1 Å². The molecule has 8 aromatic rings. The molecule has 0 atom stereocenters. The highest BCUT2D eigenvalue weighted by Gasteiger charge is 2.14. The van der Waals surface area contributed by atoms with Crippen LogP contribution in [0.2, 0.25) is 0 Å². The van der Waals surface area contributed by atoms with E-state index >= 15 is 0 Å². The summed E-state index contributed by atoms with van der Waals surface area (Å²) in [5, 5.41) is 20.1. The zero-order valence-corrected chi connectivity index (χ0v) is 43.1. The summed E-state index contributed by atoms with van der Waals surface area (Å²) >= 11 is 0. The van der Waals surface area contributed by atoms with E-state index < -0.39 is 11.6 Å². The molecule has 0 aliphatic carbocycles. The Labute approximate surface area is 432 Å². The van der Waals surface area contributed by atoms with Crippen molar-refractivity contribution in [3.8, 4) is 17.1 Å². The molecule has 5 aromatic heterocycles. The quantitative estimate of drug-likeness (QED) is 0.0783. The van der Waals surface area contributed by atoms with Crippen molar-refractivity contribution in [1.82, 2.24) is 63.3 Å². The first kappa shape index (κ1) is 54.5. The highest BCUT2D eigenvalue weighted by Crippen LogP contribution is 2.21. The topological polar surface area (TPSA) is 205 Å². The molecule has 19 nitrogen and oxygen atoms in total. The van der Waals surface area contributed by atoms with Crippen molar-refractivity contribution in [1.29, 1.82) is 0 Å². The van der Waals surface area contributed by atoms with Crippen LogP contribution in [0, 0.1) is 59.0 Å². The maximum Gasteiger partial charge on any atom is 0.258 e.